The first-order valence-electron chi connectivity index (χ1n) is 11.9. The van der Waals surface area contributed by atoms with E-state index in [4.69, 9.17) is 11.6 Å². The van der Waals surface area contributed by atoms with Crippen LogP contribution in [-0.2, 0) is 6.42 Å². The SMILES string of the molecule is CN1CCC(O)(C(c2ccc(Cl)cc2)c2cc3cc(Br)ccc3[nH]c2=O)CC1Cc1ccccc1. The molecular weight excluding hydrogens is 524 g/mol. The number of rotatable bonds is 5. The molecule has 2 heterocycles. The lowest BCUT2D eigenvalue weighted by molar-refractivity contribution is -0.0516. The summed E-state index contributed by atoms with van der Waals surface area (Å²) in [5.74, 6) is -0.487. The molecule has 0 amide bonds. The minimum atomic E-state index is -1.09. The first kappa shape index (κ1) is 24.3. The largest absolute Gasteiger partial charge is 0.389 e. The highest BCUT2D eigenvalue weighted by Gasteiger charge is 2.45. The fraction of sp³-hybridized carbons (Fsp3) is 0.276. The molecule has 5 rings (SSSR count). The zero-order valence-electron chi connectivity index (χ0n) is 19.5. The van der Waals surface area contributed by atoms with Crippen LogP contribution in [0.4, 0.5) is 0 Å². The highest BCUT2D eigenvalue weighted by molar-refractivity contribution is 9.10. The molecule has 0 spiro atoms. The van der Waals surface area contributed by atoms with Gasteiger partial charge in [0.2, 0.25) is 0 Å². The number of H-pyrrole nitrogens is 1. The quantitative estimate of drug-likeness (QED) is 0.313. The normalized spacial score (nSPS) is 21.8. The molecule has 1 aromatic heterocycles. The molecule has 1 aliphatic rings. The molecule has 1 aliphatic heterocycles. The molecule has 35 heavy (non-hydrogen) atoms. The fourth-order valence-corrected chi connectivity index (χ4v) is 5.94. The predicted octanol–water partition coefficient (Wildman–Crippen LogP) is 6.14. The number of hydrogen-bond acceptors (Lipinski definition) is 3. The van der Waals surface area contributed by atoms with Crippen LogP contribution in [0.25, 0.3) is 10.9 Å². The van der Waals surface area contributed by atoms with Crippen molar-refractivity contribution >= 4 is 38.4 Å². The second-order valence-corrected chi connectivity index (χ2v) is 11.0. The van der Waals surface area contributed by atoms with Crippen LogP contribution in [0.2, 0.25) is 5.02 Å². The van der Waals surface area contributed by atoms with Gasteiger partial charge in [0.15, 0.2) is 0 Å². The van der Waals surface area contributed by atoms with E-state index in [9.17, 15) is 9.90 Å². The number of likely N-dealkylation sites (N-methyl/N-ethyl adjacent to an activating group) is 1. The standard InChI is InChI=1S/C29H28BrClN2O2/c1-33-14-13-29(35,18-24(33)15-19-5-3-2-4-6-19)27(20-7-10-23(31)11-8-20)25-17-21-16-22(30)9-12-26(21)32-28(25)34/h2-12,16-17,24,27,35H,13-15,18H2,1H3,(H,32,34). The summed E-state index contributed by atoms with van der Waals surface area (Å²) in [6.07, 6.45) is 1.97. The van der Waals surface area contributed by atoms with Gasteiger partial charge in [0.25, 0.3) is 5.56 Å². The number of halogens is 2. The third kappa shape index (κ3) is 5.10. The third-order valence-corrected chi connectivity index (χ3v) is 8.06. The Bertz CT molecular complexity index is 1390. The molecule has 6 heteroatoms. The summed E-state index contributed by atoms with van der Waals surface area (Å²) >= 11 is 9.74. The van der Waals surface area contributed by atoms with Crippen molar-refractivity contribution in [3.63, 3.8) is 0 Å². The number of nitrogens with one attached hydrogen (secondary N) is 1. The maximum absolute atomic E-state index is 13.4. The fourth-order valence-electron chi connectivity index (χ4n) is 5.44. The van der Waals surface area contributed by atoms with Crippen LogP contribution in [0.3, 0.4) is 0 Å². The number of pyridine rings is 1. The summed E-state index contributed by atoms with van der Waals surface area (Å²) in [5, 5.41) is 13.9. The van der Waals surface area contributed by atoms with Gasteiger partial charge in [-0.1, -0.05) is 70.0 Å². The molecule has 1 fully saturated rings. The smallest absolute Gasteiger partial charge is 0.252 e. The minimum absolute atomic E-state index is 0.152. The Balaban J connectivity index is 1.60. The summed E-state index contributed by atoms with van der Waals surface area (Å²) in [6.45, 7) is 0.745. The van der Waals surface area contributed by atoms with E-state index in [1.807, 2.05) is 66.7 Å². The van der Waals surface area contributed by atoms with E-state index in [-0.39, 0.29) is 11.6 Å². The van der Waals surface area contributed by atoms with Gasteiger partial charge in [-0.25, -0.2) is 0 Å². The van der Waals surface area contributed by atoms with Gasteiger partial charge in [-0.2, -0.15) is 0 Å². The number of aliphatic hydroxyl groups is 1. The van der Waals surface area contributed by atoms with Gasteiger partial charge >= 0.3 is 0 Å². The van der Waals surface area contributed by atoms with Crippen LogP contribution in [0.15, 0.2) is 88.1 Å². The van der Waals surface area contributed by atoms with Gasteiger partial charge in [-0.05, 0) is 79.2 Å². The highest BCUT2D eigenvalue weighted by atomic mass is 79.9. The van der Waals surface area contributed by atoms with E-state index in [2.05, 4.69) is 45.0 Å². The van der Waals surface area contributed by atoms with Crippen LogP contribution in [0.5, 0.6) is 0 Å². The highest BCUT2D eigenvalue weighted by Crippen LogP contribution is 2.43. The molecule has 0 bridgehead atoms. The van der Waals surface area contributed by atoms with Gasteiger partial charge in [0.1, 0.15) is 0 Å². The molecule has 0 aliphatic carbocycles. The Hall–Kier alpha value is -2.44. The van der Waals surface area contributed by atoms with E-state index in [0.29, 0.717) is 23.4 Å². The second kappa shape index (κ2) is 9.90. The lowest BCUT2D eigenvalue weighted by Crippen LogP contribution is -2.53. The van der Waals surface area contributed by atoms with Crippen molar-refractivity contribution in [2.24, 2.45) is 0 Å². The zero-order chi connectivity index (χ0) is 24.6. The third-order valence-electron chi connectivity index (χ3n) is 7.31. The van der Waals surface area contributed by atoms with E-state index >= 15 is 0 Å². The van der Waals surface area contributed by atoms with Crippen molar-refractivity contribution in [1.82, 2.24) is 9.88 Å². The molecule has 4 nitrogen and oxygen atoms in total. The van der Waals surface area contributed by atoms with E-state index < -0.39 is 11.5 Å². The average molecular weight is 552 g/mol. The van der Waals surface area contributed by atoms with Gasteiger partial charge in [-0.3, -0.25) is 4.79 Å². The maximum atomic E-state index is 13.4. The number of piperidine rings is 1. The van der Waals surface area contributed by atoms with Crippen molar-refractivity contribution in [2.75, 3.05) is 13.6 Å². The number of hydrogen-bond donors (Lipinski definition) is 2. The van der Waals surface area contributed by atoms with Crippen LogP contribution in [0, 0.1) is 0 Å². The molecular formula is C29H28BrClN2O2. The second-order valence-electron chi connectivity index (χ2n) is 9.65. The summed E-state index contributed by atoms with van der Waals surface area (Å²) in [4.78, 5) is 18.8. The van der Waals surface area contributed by atoms with Gasteiger partial charge in [0.05, 0.1) is 5.60 Å². The Morgan fingerprint density at radius 1 is 1.11 bits per heavy atom. The van der Waals surface area contributed by atoms with Crippen molar-refractivity contribution in [3.05, 3.63) is 115 Å². The van der Waals surface area contributed by atoms with Crippen LogP contribution in [-0.4, -0.2) is 40.2 Å². The minimum Gasteiger partial charge on any atom is -0.389 e. The first-order chi connectivity index (χ1) is 16.8. The number of aromatic nitrogens is 1. The number of nitrogens with zero attached hydrogens (tertiary/aromatic N) is 1. The van der Waals surface area contributed by atoms with Crippen molar-refractivity contribution < 1.29 is 5.11 Å². The monoisotopic (exact) mass is 550 g/mol. The molecule has 3 unspecified atom stereocenters. The lowest BCUT2D eigenvalue weighted by Gasteiger charge is -2.46. The summed E-state index contributed by atoms with van der Waals surface area (Å²) in [5.41, 5.74) is 2.21. The number of benzene rings is 3. The molecule has 0 saturated carbocycles. The van der Waals surface area contributed by atoms with Crippen LogP contribution >= 0.6 is 27.5 Å². The Morgan fingerprint density at radius 2 is 1.86 bits per heavy atom. The summed E-state index contributed by atoms with van der Waals surface area (Å²) in [7, 11) is 2.12. The molecule has 0 radical (unpaired) electrons. The number of fused-ring (bicyclic) bond motifs is 1. The maximum Gasteiger partial charge on any atom is 0.252 e. The topological polar surface area (TPSA) is 56.3 Å². The Labute approximate surface area is 218 Å². The number of aromatic amines is 1. The van der Waals surface area contributed by atoms with Crippen LogP contribution in [0.1, 0.15) is 35.4 Å². The summed E-state index contributed by atoms with van der Waals surface area (Å²) < 4.78 is 0.937. The predicted molar refractivity (Wildman–Crippen MR) is 146 cm³/mol. The molecule has 3 aromatic carbocycles. The lowest BCUT2D eigenvalue weighted by atomic mass is 9.70. The molecule has 2 N–H and O–H groups in total. The van der Waals surface area contributed by atoms with E-state index in [0.717, 1.165) is 33.9 Å². The zero-order valence-corrected chi connectivity index (χ0v) is 21.9. The summed E-state index contributed by atoms with van der Waals surface area (Å²) in [6, 6.07) is 25.8. The van der Waals surface area contributed by atoms with Crippen molar-refractivity contribution in [3.8, 4) is 0 Å². The Morgan fingerprint density at radius 3 is 2.60 bits per heavy atom. The van der Waals surface area contributed by atoms with Crippen molar-refractivity contribution in [1.29, 1.82) is 0 Å². The van der Waals surface area contributed by atoms with E-state index in [1.165, 1.54) is 5.56 Å². The first-order valence-corrected chi connectivity index (χ1v) is 13.0. The van der Waals surface area contributed by atoms with Crippen LogP contribution < -0.4 is 5.56 Å². The molecule has 1 saturated heterocycles. The number of likely N-dealkylation sites (tertiary alicyclic amines) is 1. The van der Waals surface area contributed by atoms with Gasteiger partial charge in [0, 0.05) is 39.1 Å². The van der Waals surface area contributed by atoms with Gasteiger partial charge < -0.3 is 15.0 Å². The van der Waals surface area contributed by atoms with Gasteiger partial charge in [-0.15, -0.1) is 0 Å². The molecule has 3 atom stereocenters. The molecule has 180 valence electrons. The van der Waals surface area contributed by atoms with E-state index in [1.54, 1.807) is 0 Å². The molecule has 4 aromatic rings. The van der Waals surface area contributed by atoms with Crippen molar-refractivity contribution in [2.45, 2.75) is 36.8 Å². The Kier molecular flexibility index (Phi) is 6.86. The average Bonchev–Trinajstić information content (AvgIpc) is 2.84.